The predicted molar refractivity (Wildman–Crippen MR) is 80.8 cm³/mol. The van der Waals surface area contributed by atoms with Crippen LogP contribution in [0.5, 0.6) is 11.8 Å². The number of rotatable bonds is 3. The lowest BCUT2D eigenvalue weighted by molar-refractivity contribution is 0.417. The number of nitrogen functional groups attached to an aromatic ring is 1. The van der Waals surface area contributed by atoms with Gasteiger partial charge in [-0.2, -0.15) is 5.10 Å². The third-order valence-corrected chi connectivity index (χ3v) is 3.15. The molecule has 0 spiro atoms. The number of aryl methyl sites for hydroxylation is 2. The number of amidine groups is 1. The Labute approximate surface area is 121 Å². The summed E-state index contributed by atoms with van der Waals surface area (Å²) in [5.74, 6) is 0.964. The number of nitrogens with zero attached hydrogens (tertiary/aromatic N) is 3. The summed E-state index contributed by atoms with van der Waals surface area (Å²) in [7, 11) is 1.80. The summed E-state index contributed by atoms with van der Waals surface area (Å²) in [5.41, 5.74) is 7.86. The normalized spacial score (nSPS) is 10.8. The monoisotopic (exact) mass is 281 g/mol. The third-order valence-electron chi connectivity index (χ3n) is 3.15. The van der Waals surface area contributed by atoms with Crippen LogP contribution in [0.15, 0.2) is 36.4 Å². The highest BCUT2D eigenvalue weighted by atomic mass is 16.5. The molecular weight excluding hydrogens is 266 g/mol. The van der Waals surface area contributed by atoms with Crippen molar-refractivity contribution in [3.05, 3.63) is 47.7 Å². The second-order valence-electron chi connectivity index (χ2n) is 4.79. The van der Waals surface area contributed by atoms with E-state index in [0.717, 1.165) is 16.6 Å². The molecule has 0 saturated heterocycles. The van der Waals surface area contributed by atoms with E-state index in [9.17, 15) is 0 Å². The Morgan fingerprint density at radius 3 is 2.71 bits per heavy atom. The molecule has 6 nitrogen and oxygen atoms in total. The SMILES string of the molecule is Cc1cc(Oc2cc(C(=N)N)c3ccccc3n2)n(C)n1. The summed E-state index contributed by atoms with van der Waals surface area (Å²) in [5, 5.41) is 12.8. The number of hydrogen-bond acceptors (Lipinski definition) is 4. The van der Waals surface area contributed by atoms with Crippen molar-refractivity contribution in [2.45, 2.75) is 6.92 Å². The lowest BCUT2D eigenvalue weighted by atomic mass is 10.1. The molecule has 0 aliphatic heterocycles. The van der Waals surface area contributed by atoms with Crippen molar-refractivity contribution in [2.75, 3.05) is 0 Å². The lowest BCUT2D eigenvalue weighted by Crippen LogP contribution is -2.12. The van der Waals surface area contributed by atoms with Gasteiger partial charge in [-0.25, -0.2) is 9.67 Å². The fourth-order valence-electron chi connectivity index (χ4n) is 2.22. The molecule has 21 heavy (non-hydrogen) atoms. The summed E-state index contributed by atoms with van der Waals surface area (Å²) in [6.07, 6.45) is 0. The number of hydrogen-bond donors (Lipinski definition) is 2. The van der Waals surface area contributed by atoms with E-state index in [2.05, 4.69) is 10.1 Å². The van der Waals surface area contributed by atoms with Gasteiger partial charge < -0.3 is 10.5 Å². The zero-order chi connectivity index (χ0) is 15.0. The van der Waals surface area contributed by atoms with Crippen LogP contribution in [0.25, 0.3) is 10.9 Å². The van der Waals surface area contributed by atoms with Crippen LogP contribution >= 0.6 is 0 Å². The van der Waals surface area contributed by atoms with E-state index < -0.39 is 0 Å². The third kappa shape index (κ3) is 2.43. The lowest BCUT2D eigenvalue weighted by Gasteiger charge is -2.09. The molecule has 0 amide bonds. The number of para-hydroxylation sites is 1. The Hall–Kier alpha value is -2.89. The van der Waals surface area contributed by atoms with Crippen LogP contribution in [0, 0.1) is 12.3 Å². The molecule has 3 N–H and O–H groups in total. The number of nitrogens with two attached hydrogens (primary N) is 1. The van der Waals surface area contributed by atoms with Gasteiger partial charge in [0, 0.05) is 30.1 Å². The molecule has 1 aromatic carbocycles. The minimum Gasteiger partial charge on any atom is -0.421 e. The average Bonchev–Trinajstić information content (AvgIpc) is 2.76. The van der Waals surface area contributed by atoms with E-state index >= 15 is 0 Å². The van der Waals surface area contributed by atoms with Crippen LogP contribution < -0.4 is 10.5 Å². The fraction of sp³-hybridized carbons (Fsp3) is 0.133. The van der Waals surface area contributed by atoms with E-state index in [1.807, 2.05) is 37.3 Å². The van der Waals surface area contributed by atoms with Crippen LogP contribution in [0.3, 0.4) is 0 Å². The number of fused-ring (bicyclic) bond motifs is 1. The topological polar surface area (TPSA) is 89.8 Å². The zero-order valence-corrected chi connectivity index (χ0v) is 11.8. The first kappa shape index (κ1) is 13.1. The van der Waals surface area contributed by atoms with Gasteiger partial charge in [0.15, 0.2) is 0 Å². The van der Waals surface area contributed by atoms with E-state index in [0.29, 0.717) is 17.3 Å². The van der Waals surface area contributed by atoms with Crippen molar-refractivity contribution in [3.63, 3.8) is 0 Å². The number of ether oxygens (including phenoxy) is 1. The maximum absolute atomic E-state index is 7.72. The summed E-state index contributed by atoms with van der Waals surface area (Å²) in [6.45, 7) is 1.89. The van der Waals surface area contributed by atoms with E-state index in [4.69, 9.17) is 15.9 Å². The molecule has 3 aromatic rings. The molecular formula is C15H15N5O. The van der Waals surface area contributed by atoms with Gasteiger partial charge in [0.25, 0.3) is 0 Å². The first-order chi connectivity index (χ1) is 10.0. The summed E-state index contributed by atoms with van der Waals surface area (Å²) < 4.78 is 7.40. The average molecular weight is 281 g/mol. The van der Waals surface area contributed by atoms with Crippen molar-refractivity contribution in [1.29, 1.82) is 5.41 Å². The van der Waals surface area contributed by atoms with Gasteiger partial charge in [0.1, 0.15) is 5.84 Å². The standard InChI is InChI=1S/C15H15N5O/c1-9-7-14(20(2)19-9)21-13-8-11(15(16)17)10-5-3-4-6-12(10)18-13/h3-8H,1-2H3,(H3,16,17). The van der Waals surface area contributed by atoms with E-state index in [1.54, 1.807) is 17.8 Å². The molecule has 3 rings (SSSR count). The van der Waals surface area contributed by atoms with Crippen molar-refractivity contribution in [2.24, 2.45) is 12.8 Å². The Kier molecular flexibility index (Phi) is 3.06. The van der Waals surface area contributed by atoms with Crippen LogP contribution in [0.4, 0.5) is 0 Å². The highest BCUT2D eigenvalue weighted by molar-refractivity contribution is 6.06. The highest BCUT2D eigenvalue weighted by Crippen LogP contribution is 2.25. The molecule has 0 atom stereocenters. The second-order valence-corrected chi connectivity index (χ2v) is 4.79. The van der Waals surface area contributed by atoms with Crippen molar-refractivity contribution in [1.82, 2.24) is 14.8 Å². The van der Waals surface area contributed by atoms with Gasteiger partial charge in [0.2, 0.25) is 11.8 Å². The molecule has 106 valence electrons. The van der Waals surface area contributed by atoms with Crippen LogP contribution in [-0.2, 0) is 7.05 Å². The molecule has 0 fully saturated rings. The number of benzene rings is 1. The molecule has 2 aromatic heterocycles. The zero-order valence-electron chi connectivity index (χ0n) is 11.8. The summed E-state index contributed by atoms with van der Waals surface area (Å²) in [6, 6.07) is 11.0. The van der Waals surface area contributed by atoms with Gasteiger partial charge in [-0.15, -0.1) is 0 Å². The predicted octanol–water partition coefficient (Wildman–Crippen LogP) is 2.35. The smallest absolute Gasteiger partial charge is 0.222 e. The van der Waals surface area contributed by atoms with Gasteiger partial charge in [-0.05, 0) is 13.0 Å². The summed E-state index contributed by atoms with van der Waals surface area (Å²) >= 11 is 0. The van der Waals surface area contributed by atoms with Crippen molar-refractivity contribution < 1.29 is 4.74 Å². The second kappa shape index (κ2) is 4.90. The van der Waals surface area contributed by atoms with E-state index in [-0.39, 0.29) is 5.84 Å². The molecule has 6 heteroatoms. The van der Waals surface area contributed by atoms with Gasteiger partial charge in [0.05, 0.1) is 11.2 Å². The Bertz CT molecular complexity index is 837. The first-order valence-electron chi connectivity index (χ1n) is 6.47. The van der Waals surface area contributed by atoms with Gasteiger partial charge in [-0.1, -0.05) is 18.2 Å². The van der Waals surface area contributed by atoms with Crippen LogP contribution in [0.1, 0.15) is 11.3 Å². The molecule has 0 radical (unpaired) electrons. The van der Waals surface area contributed by atoms with Crippen LogP contribution in [-0.4, -0.2) is 20.6 Å². The number of pyridine rings is 1. The van der Waals surface area contributed by atoms with Crippen molar-refractivity contribution >= 4 is 16.7 Å². The maximum atomic E-state index is 7.72. The molecule has 0 unspecified atom stereocenters. The molecule has 2 heterocycles. The minimum atomic E-state index is -0.0142. The molecule has 0 bridgehead atoms. The van der Waals surface area contributed by atoms with Crippen molar-refractivity contribution in [3.8, 4) is 11.8 Å². The number of nitrogens with one attached hydrogen (secondary N) is 1. The van der Waals surface area contributed by atoms with Gasteiger partial charge in [-0.3, -0.25) is 5.41 Å². The minimum absolute atomic E-state index is 0.0142. The first-order valence-corrected chi connectivity index (χ1v) is 6.47. The molecule has 0 saturated carbocycles. The maximum Gasteiger partial charge on any atom is 0.222 e. The Morgan fingerprint density at radius 1 is 1.29 bits per heavy atom. The highest BCUT2D eigenvalue weighted by Gasteiger charge is 2.11. The fourth-order valence-corrected chi connectivity index (χ4v) is 2.22. The largest absolute Gasteiger partial charge is 0.421 e. The van der Waals surface area contributed by atoms with E-state index in [1.165, 1.54) is 0 Å². The quantitative estimate of drug-likeness (QED) is 0.569. The molecule has 0 aliphatic rings. The Morgan fingerprint density at radius 2 is 2.05 bits per heavy atom. The summed E-state index contributed by atoms with van der Waals surface area (Å²) in [4.78, 5) is 4.45. The molecule has 0 aliphatic carbocycles. The number of aromatic nitrogens is 3. The Balaban J connectivity index is 2.11. The van der Waals surface area contributed by atoms with Crippen LogP contribution in [0.2, 0.25) is 0 Å². The van der Waals surface area contributed by atoms with Gasteiger partial charge >= 0.3 is 0 Å².